The average Bonchev–Trinajstić information content (AvgIpc) is 3.63. The first-order valence-corrected chi connectivity index (χ1v) is 13.5. The molecule has 3 saturated heterocycles. The van der Waals surface area contributed by atoms with Gasteiger partial charge in [-0.15, -0.1) is 0 Å². The maximum atomic E-state index is 12.5. The van der Waals surface area contributed by atoms with Gasteiger partial charge in [-0.05, 0) is 62.6 Å². The molecule has 9 nitrogen and oxygen atoms in total. The van der Waals surface area contributed by atoms with Crippen LogP contribution in [-0.4, -0.2) is 69.1 Å². The van der Waals surface area contributed by atoms with E-state index in [9.17, 15) is 9.59 Å². The zero-order valence-electron chi connectivity index (χ0n) is 21.9. The molecule has 1 aromatic carbocycles. The number of anilines is 2. The van der Waals surface area contributed by atoms with E-state index in [0.29, 0.717) is 36.4 Å². The van der Waals surface area contributed by atoms with Crippen molar-refractivity contribution < 1.29 is 14.3 Å². The highest BCUT2D eigenvalue weighted by Gasteiger charge is 2.54. The minimum Gasteiger partial charge on any atom is -0.447 e. The Hall–Kier alpha value is -3.20. The Bertz CT molecular complexity index is 1170. The fraction of sp³-hybridized carbons (Fsp3) is 0.571. The van der Waals surface area contributed by atoms with Gasteiger partial charge in [-0.25, -0.2) is 9.78 Å². The number of nitrogens with zero attached hydrogens (tertiary/aromatic N) is 5. The lowest BCUT2D eigenvalue weighted by Crippen LogP contribution is -2.54. The van der Waals surface area contributed by atoms with E-state index in [1.54, 1.807) is 24.1 Å². The number of ether oxygens (including phenoxy) is 1. The predicted molar refractivity (Wildman–Crippen MR) is 140 cm³/mol. The largest absolute Gasteiger partial charge is 0.447 e. The first-order valence-electron chi connectivity index (χ1n) is 13.5. The highest BCUT2D eigenvalue weighted by molar-refractivity contribution is 5.90. The molecule has 2 amide bonds. The zero-order chi connectivity index (χ0) is 25.7. The summed E-state index contributed by atoms with van der Waals surface area (Å²) in [5.41, 5.74) is 2.07. The van der Waals surface area contributed by atoms with E-state index in [0.717, 1.165) is 50.9 Å². The molecule has 4 fully saturated rings. The second kappa shape index (κ2) is 9.28. The lowest BCUT2D eigenvalue weighted by atomic mass is 9.96. The van der Waals surface area contributed by atoms with Gasteiger partial charge in [-0.3, -0.25) is 14.6 Å². The van der Waals surface area contributed by atoms with E-state index in [-0.39, 0.29) is 23.6 Å². The average molecular weight is 505 g/mol. The Balaban J connectivity index is 1.09. The Kier molecular flexibility index (Phi) is 6.06. The summed E-state index contributed by atoms with van der Waals surface area (Å²) in [6.07, 6.45) is 5.82. The number of aromatic nitrogens is 2. The van der Waals surface area contributed by atoms with Gasteiger partial charge < -0.3 is 15.0 Å². The molecule has 6 rings (SSSR count). The molecule has 37 heavy (non-hydrogen) atoms. The van der Waals surface area contributed by atoms with Gasteiger partial charge in [0.1, 0.15) is 12.4 Å². The molecule has 2 unspecified atom stereocenters. The van der Waals surface area contributed by atoms with Crippen LogP contribution >= 0.6 is 0 Å². The lowest BCUT2D eigenvalue weighted by Gasteiger charge is -2.40. The quantitative estimate of drug-likeness (QED) is 0.610. The van der Waals surface area contributed by atoms with Gasteiger partial charge in [0.05, 0.1) is 11.6 Å². The zero-order valence-corrected chi connectivity index (χ0v) is 21.9. The van der Waals surface area contributed by atoms with E-state index < -0.39 is 0 Å². The summed E-state index contributed by atoms with van der Waals surface area (Å²) in [5.74, 6) is 1.74. The third-order valence-corrected chi connectivity index (χ3v) is 8.66. The fourth-order valence-electron chi connectivity index (χ4n) is 6.53. The molecule has 2 bridgehead atoms. The van der Waals surface area contributed by atoms with Gasteiger partial charge in [0.25, 0.3) is 0 Å². The van der Waals surface area contributed by atoms with Crippen molar-refractivity contribution in [1.29, 1.82) is 0 Å². The summed E-state index contributed by atoms with van der Waals surface area (Å²) >= 11 is 0. The van der Waals surface area contributed by atoms with Crippen molar-refractivity contribution in [3.8, 4) is 0 Å². The van der Waals surface area contributed by atoms with Crippen LogP contribution in [0.4, 0.5) is 16.6 Å². The van der Waals surface area contributed by atoms with Crippen LogP contribution in [0.25, 0.3) is 0 Å². The van der Waals surface area contributed by atoms with Crippen LogP contribution in [-0.2, 0) is 16.1 Å². The second-order valence-corrected chi connectivity index (χ2v) is 11.4. The van der Waals surface area contributed by atoms with Crippen LogP contribution in [0.5, 0.6) is 0 Å². The smallest absolute Gasteiger partial charge is 0.416 e. The number of piperazine rings is 1. The van der Waals surface area contributed by atoms with Crippen LogP contribution in [0.2, 0.25) is 0 Å². The number of hydrogen-bond acceptors (Lipinski definition) is 7. The number of carbonyl (C=O) groups is 2. The van der Waals surface area contributed by atoms with Gasteiger partial charge >= 0.3 is 6.09 Å². The molecule has 196 valence electrons. The van der Waals surface area contributed by atoms with Gasteiger partial charge in [-0.1, -0.05) is 24.3 Å². The molecule has 2 aromatic rings. The molecule has 9 heteroatoms. The van der Waals surface area contributed by atoms with E-state index in [1.165, 1.54) is 5.56 Å². The molecule has 4 heterocycles. The maximum Gasteiger partial charge on any atom is 0.416 e. The van der Waals surface area contributed by atoms with Crippen molar-refractivity contribution in [2.24, 2.45) is 5.92 Å². The Morgan fingerprint density at radius 1 is 1.14 bits per heavy atom. The van der Waals surface area contributed by atoms with Gasteiger partial charge in [0.2, 0.25) is 11.9 Å². The number of hydrogen-bond donors (Lipinski definition) is 1. The molecular weight excluding hydrogens is 468 g/mol. The van der Waals surface area contributed by atoms with Crippen molar-refractivity contribution in [3.63, 3.8) is 0 Å². The molecule has 0 radical (unpaired) electrons. The molecule has 1 aromatic heterocycles. The first-order chi connectivity index (χ1) is 17.8. The predicted octanol–water partition coefficient (Wildman–Crippen LogP) is 3.97. The topological polar surface area (TPSA) is 90.9 Å². The standard InChI is InChI=1S/C28H36N6O3/c1-18(30-26-29-13-12-25(31-26)34-27(36)37-17-28(34,3)22-8-9-22)21-6-4-20(5-7-21)14-32-15-23-10-11-24(16-32)33(23)19(2)35/h4-7,12-13,18,22-24H,8-11,14-17H2,1-3H3,(H,29,30,31)/t18-,23?,24?,28+/m0/s1. The van der Waals surface area contributed by atoms with Crippen LogP contribution in [0.15, 0.2) is 36.5 Å². The van der Waals surface area contributed by atoms with Crippen LogP contribution in [0, 0.1) is 5.92 Å². The fourth-order valence-corrected chi connectivity index (χ4v) is 6.53. The minimum atomic E-state index is -0.345. The summed E-state index contributed by atoms with van der Waals surface area (Å²) in [4.78, 5) is 39.9. The van der Waals surface area contributed by atoms with E-state index in [2.05, 4.69) is 63.2 Å². The van der Waals surface area contributed by atoms with E-state index >= 15 is 0 Å². The summed E-state index contributed by atoms with van der Waals surface area (Å²) < 4.78 is 5.41. The lowest BCUT2D eigenvalue weighted by molar-refractivity contribution is -0.134. The SMILES string of the molecule is CC(=O)N1C2CCC1CN(Cc1ccc([C@H](C)Nc3nccc(N4C(=O)OC[C@]4(C)C4CC4)n3)cc1)C2. The molecule has 3 aliphatic heterocycles. The van der Waals surface area contributed by atoms with E-state index in [4.69, 9.17) is 4.74 Å². The van der Waals surface area contributed by atoms with Crippen LogP contribution < -0.4 is 10.2 Å². The van der Waals surface area contributed by atoms with Crippen molar-refractivity contribution in [2.75, 3.05) is 29.9 Å². The van der Waals surface area contributed by atoms with Gasteiger partial charge in [-0.2, -0.15) is 4.98 Å². The second-order valence-electron chi connectivity index (χ2n) is 11.4. The molecular formula is C28H36N6O3. The number of nitrogens with one attached hydrogen (secondary N) is 1. The monoisotopic (exact) mass is 504 g/mol. The van der Waals surface area contributed by atoms with Crippen molar-refractivity contribution in [2.45, 2.75) is 76.7 Å². The third-order valence-electron chi connectivity index (χ3n) is 8.66. The minimum absolute atomic E-state index is 0.000369. The molecule has 4 aliphatic rings. The number of likely N-dealkylation sites (tertiary alicyclic amines) is 1. The maximum absolute atomic E-state index is 12.5. The highest BCUT2D eigenvalue weighted by Crippen LogP contribution is 2.47. The summed E-state index contributed by atoms with van der Waals surface area (Å²) in [6.45, 7) is 9.08. The number of rotatable bonds is 7. The van der Waals surface area contributed by atoms with Crippen LogP contribution in [0.1, 0.15) is 63.6 Å². The van der Waals surface area contributed by atoms with Crippen molar-refractivity contribution >= 4 is 23.8 Å². The van der Waals surface area contributed by atoms with Gasteiger partial charge in [0, 0.05) is 44.8 Å². The molecule has 4 atom stereocenters. The molecule has 0 spiro atoms. The van der Waals surface area contributed by atoms with Crippen LogP contribution in [0.3, 0.4) is 0 Å². The summed E-state index contributed by atoms with van der Waals surface area (Å²) in [7, 11) is 0. The molecule has 1 aliphatic carbocycles. The Morgan fingerprint density at radius 2 is 1.84 bits per heavy atom. The number of amides is 2. The van der Waals surface area contributed by atoms with Crippen molar-refractivity contribution in [3.05, 3.63) is 47.7 Å². The summed E-state index contributed by atoms with van der Waals surface area (Å²) in [6, 6.07) is 11.2. The number of fused-ring (bicyclic) bond motifs is 2. The van der Waals surface area contributed by atoms with E-state index in [1.807, 2.05) is 0 Å². The molecule has 1 saturated carbocycles. The Morgan fingerprint density at radius 3 is 2.49 bits per heavy atom. The Labute approximate surface area is 218 Å². The summed E-state index contributed by atoms with van der Waals surface area (Å²) in [5, 5.41) is 3.40. The number of carbonyl (C=O) groups excluding carboxylic acids is 2. The number of cyclic esters (lactones) is 1. The third kappa shape index (κ3) is 4.54. The highest BCUT2D eigenvalue weighted by atomic mass is 16.6. The molecule has 1 N–H and O–H groups in total. The first kappa shape index (κ1) is 24.2. The normalized spacial score (nSPS) is 28.4. The van der Waals surface area contributed by atoms with Crippen molar-refractivity contribution in [1.82, 2.24) is 19.8 Å². The van der Waals surface area contributed by atoms with Gasteiger partial charge in [0.15, 0.2) is 0 Å². The number of benzene rings is 1.